The molecule has 1 aromatic heterocycles. The van der Waals surface area contributed by atoms with Crippen molar-refractivity contribution < 1.29 is 19.0 Å². The summed E-state index contributed by atoms with van der Waals surface area (Å²) in [6, 6.07) is 7.16. The first kappa shape index (κ1) is 17.8. The molecular weight excluding hydrogens is 317 g/mol. The SMILES string of the molecule is Cc1ccc(-n2c(C)cc(C(=O)C[NH+]3CC[NH+](C)CC3)c2C)cc1F. The molecule has 0 radical (unpaired) electrons. The first-order valence-electron chi connectivity index (χ1n) is 9.00. The largest absolute Gasteiger partial charge is 0.328 e. The molecule has 1 fully saturated rings. The van der Waals surface area contributed by atoms with Gasteiger partial charge in [-0.05, 0) is 44.5 Å². The molecule has 25 heavy (non-hydrogen) atoms. The van der Waals surface area contributed by atoms with E-state index < -0.39 is 0 Å². The van der Waals surface area contributed by atoms with Gasteiger partial charge in [0.1, 0.15) is 38.5 Å². The molecule has 2 heterocycles. The molecule has 0 unspecified atom stereocenters. The van der Waals surface area contributed by atoms with Gasteiger partial charge in [0.25, 0.3) is 0 Å². The van der Waals surface area contributed by atoms with E-state index in [0.717, 1.165) is 48.8 Å². The van der Waals surface area contributed by atoms with Crippen LogP contribution in [0.3, 0.4) is 0 Å². The molecule has 0 bridgehead atoms. The number of benzene rings is 1. The summed E-state index contributed by atoms with van der Waals surface area (Å²) in [5.74, 6) is -0.0382. The van der Waals surface area contributed by atoms with Crippen molar-refractivity contribution in [2.24, 2.45) is 0 Å². The van der Waals surface area contributed by atoms with Crippen molar-refractivity contribution in [3.05, 3.63) is 52.6 Å². The lowest BCUT2D eigenvalue weighted by molar-refractivity contribution is -0.999. The van der Waals surface area contributed by atoms with Gasteiger partial charge in [-0.1, -0.05) is 6.07 Å². The molecule has 0 spiro atoms. The van der Waals surface area contributed by atoms with Crippen molar-refractivity contribution in [3.8, 4) is 5.69 Å². The Morgan fingerprint density at radius 2 is 1.80 bits per heavy atom. The van der Waals surface area contributed by atoms with Gasteiger partial charge in [0, 0.05) is 22.6 Å². The number of aromatic nitrogens is 1. The van der Waals surface area contributed by atoms with Crippen molar-refractivity contribution in [2.75, 3.05) is 39.8 Å². The van der Waals surface area contributed by atoms with Crippen LogP contribution < -0.4 is 9.80 Å². The zero-order valence-electron chi connectivity index (χ0n) is 15.6. The highest BCUT2D eigenvalue weighted by Crippen LogP contribution is 2.22. The minimum absolute atomic E-state index is 0.182. The van der Waals surface area contributed by atoms with Gasteiger partial charge in [0.15, 0.2) is 0 Å². The maximum Gasteiger partial charge on any atom is 0.218 e. The molecule has 0 aliphatic carbocycles. The van der Waals surface area contributed by atoms with Crippen LogP contribution in [0, 0.1) is 26.6 Å². The molecule has 0 saturated carbocycles. The summed E-state index contributed by atoms with van der Waals surface area (Å²) in [5.41, 5.74) is 4.01. The fraction of sp³-hybridized carbons (Fsp3) is 0.450. The van der Waals surface area contributed by atoms with E-state index in [-0.39, 0.29) is 11.6 Å². The number of hydrogen-bond acceptors (Lipinski definition) is 1. The van der Waals surface area contributed by atoms with Gasteiger partial charge in [0.2, 0.25) is 5.78 Å². The smallest absolute Gasteiger partial charge is 0.218 e. The fourth-order valence-electron chi connectivity index (χ4n) is 3.69. The molecule has 1 saturated heterocycles. The summed E-state index contributed by atoms with van der Waals surface area (Å²) in [4.78, 5) is 15.7. The van der Waals surface area contributed by atoms with Gasteiger partial charge in [0.05, 0.1) is 7.05 Å². The molecule has 2 aromatic rings. The van der Waals surface area contributed by atoms with Gasteiger partial charge in [-0.25, -0.2) is 4.39 Å². The third-order valence-electron chi connectivity index (χ3n) is 5.37. The van der Waals surface area contributed by atoms with Crippen LogP contribution in [-0.4, -0.2) is 50.1 Å². The van der Waals surface area contributed by atoms with Crippen LogP contribution in [0.15, 0.2) is 24.3 Å². The van der Waals surface area contributed by atoms with Crippen LogP contribution >= 0.6 is 0 Å². The Morgan fingerprint density at radius 3 is 2.44 bits per heavy atom. The van der Waals surface area contributed by atoms with Crippen molar-refractivity contribution >= 4 is 5.78 Å². The zero-order chi connectivity index (χ0) is 18.1. The first-order chi connectivity index (χ1) is 11.9. The molecule has 3 rings (SSSR count). The number of Topliss-reactive ketones (excluding diaryl/α,β-unsaturated/α-hetero) is 1. The molecule has 1 aliphatic rings. The van der Waals surface area contributed by atoms with Crippen LogP contribution in [0.25, 0.3) is 5.69 Å². The third-order valence-corrected chi connectivity index (χ3v) is 5.37. The van der Waals surface area contributed by atoms with Gasteiger partial charge in [-0.2, -0.15) is 0 Å². The number of rotatable bonds is 4. The number of aryl methyl sites for hydroxylation is 2. The number of halogens is 1. The number of hydrogen-bond donors (Lipinski definition) is 2. The Hall–Kier alpha value is -1.98. The lowest BCUT2D eigenvalue weighted by atomic mass is 10.1. The number of quaternary nitrogens is 2. The molecule has 2 N–H and O–H groups in total. The maximum absolute atomic E-state index is 13.9. The van der Waals surface area contributed by atoms with Crippen molar-refractivity contribution in [1.29, 1.82) is 0 Å². The number of nitrogens with zero attached hydrogens (tertiary/aromatic N) is 1. The van der Waals surface area contributed by atoms with Crippen LogP contribution in [-0.2, 0) is 0 Å². The van der Waals surface area contributed by atoms with E-state index >= 15 is 0 Å². The standard InChI is InChI=1S/C20H26FN3O/c1-14-5-6-17(12-19(14)21)24-15(2)11-18(16(24)3)20(25)13-23-9-7-22(4)8-10-23/h5-6,11-12H,7-10,13H2,1-4H3/p+2. The molecule has 5 heteroatoms. The number of carbonyl (C=O) groups excluding carboxylic acids is 1. The molecular formula is C20H28FN3O+2. The number of piperazine rings is 1. The Morgan fingerprint density at radius 1 is 1.12 bits per heavy atom. The second kappa shape index (κ2) is 7.10. The molecule has 1 aromatic carbocycles. The average Bonchev–Trinajstić information content (AvgIpc) is 2.87. The lowest BCUT2D eigenvalue weighted by Crippen LogP contribution is -3.27. The highest BCUT2D eigenvalue weighted by molar-refractivity contribution is 5.98. The van der Waals surface area contributed by atoms with Crippen LogP contribution in [0.5, 0.6) is 0 Å². The highest BCUT2D eigenvalue weighted by Gasteiger charge is 2.25. The number of ketones is 1. The van der Waals surface area contributed by atoms with E-state index in [1.54, 1.807) is 13.0 Å². The van der Waals surface area contributed by atoms with E-state index in [1.807, 2.05) is 30.5 Å². The Labute approximate surface area is 148 Å². The molecule has 0 atom stereocenters. The summed E-state index contributed by atoms with van der Waals surface area (Å²) in [6.45, 7) is 10.5. The number of carbonyl (C=O) groups is 1. The second-order valence-corrected chi connectivity index (χ2v) is 7.36. The summed E-state index contributed by atoms with van der Waals surface area (Å²) in [6.07, 6.45) is 0. The summed E-state index contributed by atoms with van der Waals surface area (Å²) in [5, 5.41) is 0. The Bertz CT molecular complexity index is 788. The molecule has 134 valence electrons. The lowest BCUT2D eigenvalue weighted by Gasteiger charge is -2.26. The van der Waals surface area contributed by atoms with Gasteiger partial charge in [-0.3, -0.25) is 4.79 Å². The minimum Gasteiger partial charge on any atom is -0.328 e. The normalized spacial score (nSPS) is 20.7. The van der Waals surface area contributed by atoms with E-state index in [2.05, 4.69) is 7.05 Å². The van der Waals surface area contributed by atoms with E-state index in [0.29, 0.717) is 12.1 Å². The van der Waals surface area contributed by atoms with Gasteiger partial charge < -0.3 is 14.4 Å². The zero-order valence-corrected chi connectivity index (χ0v) is 15.6. The maximum atomic E-state index is 13.9. The Kier molecular flexibility index (Phi) is 5.06. The van der Waals surface area contributed by atoms with E-state index in [4.69, 9.17) is 0 Å². The summed E-state index contributed by atoms with van der Waals surface area (Å²) >= 11 is 0. The predicted molar refractivity (Wildman–Crippen MR) is 96.5 cm³/mol. The first-order valence-corrected chi connectivity index (χ1v) is 9.00. The molecule has 4 nitrogen and oxygen atoms in total. The predicted octanol–water partition coefficient (Wildman–Crippen LogP) is 0.138. The topological polar surface area (TPSA) is 30.9 Å². The monoisotopic (exact) mass is 345 g/mol. The quantitative estimate of drug-likeness (QED) is 0.759. The molecule has 1 aliphatic heterocycles. The van der Waals surface area contributed by atoms with Crippen molar-refractivity contribution in [3.63, 3.8) is 0 Å². The summed E-state index contributed by atoms with van der Waals surface area (Å²) in [7, 11) is 2.20. The molecule has 0 amide bonds. The fourth-order valence-corrected chi connectivity index (χ4v) is 3.69. The highest BCUT2D eigenvalue weighted by atomic mass is 19.1. The second-order valence-electron chi connectivity index (χ2n) is 7.36. The minimum atomic E-state index is -0.220. The van der Waals surface area contributed by atoms with Crippen molar-refractivity contribution in [2.45, 2.75) is 20.8 Å². The summed E-state index contributed by atoms with van der Waals surface area (Å²) < 4.78 is 15.9. The van der Waals surface area contributed by atoms with Crippen molar-refractivity contribution in [1.82, 2.24) is 4.57 Å². The van der Waals surface area contributed by atoms with E-state index in [1.165, 1.54) is 15.9 Å². The van der Waals surface area contributed by atoms with Gasteiger partial charge >= 0.3 is 0 Å². The number of nitrogens with one attached hydrogen (secondary N) is 2. The van der Waals surface area contributed by atoms with Gasteiger partial charge in [-0.15, -0.1) is 0 Å². The van der Waals surface area contributed by atoms with Crippen LogP contribution in [0.2, 0.25) is 0 Å². The number of likely N-dealkylation sites (N-methyl/N-ethyl adjacent to an activating group) is 1. The van der Waals surface area contributed by atoms with E-state index in [9.17, 15) is 9.18 Å². The Balaban J connectivity index is 1.83. The van der Waals surface area contributed by atoms with Crippen LogP contribution in [0.1, 0.15) is 27.3 Å². The van der Waals surface area contributed by atoms with Crippen LogP contribution in [0.4, 0.5) is 4.39 Å². The average molecular weight is 345 g/mol. The third kappa shape index (κ3) is 3.67.